The van der Waals surface area contributed by atoms with Crippen LogP contribution in [0, 0.1) is 6.92 Å². The first kappa shape index (κ1) is 16.3. The van der Waals surface area contributed by atoms with Crippen molar-refractivity contribution in [2.75, 3.05) is 49.1 Å². The summed E-state index contributed by atoms with van der Waals surface area (Å²) < 4.78 is 0. The van der Waals surface area contributed by atoms with Crippen molar-refractivity contribution in [2.24, 2.45) is 0 Å². The van der Waals surface area contributed by atoms with Gasteiger partial charge in [-0.1, -0.05) is 0 Å². The van der Waals surface area contributed by atoms with E-state index in [4.69, 9.17) is 0 Å². The van der Waals surface area contributed by atoms with Crippen molar-refractivity contribution < 1.29 is 4.79 Å². The van der Waals surface area contributed by atoms with Gasteiger partial charge in [-0.2, -0.15) is 0 Å². The minimum absolute atomic E-state index is 0.0927. The Bertz CT molecular complexity index is 732. The van der Waals surface area contributed by atoms with Gasteiger partial charge in [-0.3, -0.25) is 4.79 Å². The molecule has 25 heavy (non-hydrogen) atoms. The van der Waals surface area contributed by atoms with E-state index in [9.17, 15) is 4.79 Å². The lowest BCUT2D eigenvalue weighted by atomic mass is 10.2. The van der Waals surface area contributed by atoms with Gasteiger partial charge in [0.1, 0.15) is 4.88 Å². The molecule has 0 radical (unpaired) electrons. The number of aromatic nitrogens is 3. The van der Waals surface area contributed by atoms with Crippen LogP contribution in [0.25, 0.3) is 0 Å². The Hall–Kier alpha value is -2.22. The Kier molecular flexibility index (Phi) is 4.52. The first-order chi connectivity index (χ1) is 12.2. The van der Waals surface area contributed by atoms with Crippen molar-refractivity contribution in [3.63, 3.8) is 0 Å². The van der Waals surface area contributed by atoms with Crippen LogP contribution in [0.3, 0.4) is 0 Å². The summed E-state index contributed by atoms with van der Waals surface area (Å²) in [5.74, 6) is 1.95. The fraction of sp³-hybridized carbons (Fsp3) is 0.529. The highest BCUT2D eigenvalue weighted by atomic mass is 32.1. The Labute approximate surface area is 151 Å². The van der Waals surface area contributed by atoms with Gasteiger partial charge in [0.2, 0.25) is 0 Å². The standard InChI is InChI=1S/C17H22N6OS/c1-13-16(25-12-18-13)17(24)23-10-8-22(9-11-23)15-5-4-14(19-20-15)21-6-2-3-7-21/h4-5,12H,2-3,6-11H2,1H3. The van der Waals surface area contributed by atoms with Crippen LogP contribution in [0.15, 0.2) is 17.6 Å². The second-order valence-corrected chi connectivity index (χ2v) is 7.34. The molecule has 4 heterocycles. The number of thiazole rings is 1. The molecule has 0 spiro atoms. The molecule has 0 unspecified atom stereocenters. The molecule has 2 aromatic heterocycles. The van der Waals surface area contributed by atoms with Crippen LogP contribution in [-0.2, 0) is 0 Å². The number of hydrogen-bond donors (Lipinski definition) is 0. The molecule has 132 valence electrons. The van der Waals surface area contributed by atoms with E-state index in [1.54, 1.807) is 5.51 Å². The van der Waals surface area contributed by atoms with E-state index in [1.807, 2.05) is 17.9 Å². The number of nitrogens with zero attached hydrogens (tertiary/aromatic N) is 6. The van der Waals surface area contributed by atoms with Crippen LogP contribution in [0.4, 0.5) is 11.6 Å². The van der Waals surface area contributed by atoms with Gasteiger partial charge < -0.3 is 14.7 Å². The van der Waals surface area contributed by atoms with Crippen molar-refractivity contribution >= 4 is 28.9 Å². The quantitative estimate of drug-likeness (QED) is 0.834. The van der Waals surface area contributed by atoms with E-state index in [0.29, 0.717) is 13.1 Å². The van der Waals surface area contributed by atoms with Crippen LogP contribution in [0.5, 0.6) is 0 Å². The van der Waals surface area contributed by atoms with Crippen molar-refractivity contribution in [2.45, 2.75) is 19.8 Å². The van der Waals surface area contributed by atoms with Gasteiger partial charge >= 0.3 is 0 Å². The Balaban J connectivity index is 1.37. The molecule has 0 saturated carbocycles. The van der Waals surface area contributed by atoms with E-state index >= 15 is 0 Å². The van der Waals surface area contributed by atoms with Crippen LogP contribution >= 0.6 is 11.3 Å². The first-order valence-electron chi connectivity index (χ1n) is 8.75. The summed E-state index contributed by atoms with van der Waals surface area (Å²) in [5, 5.41) is 8.79. The number of aryl methyl sites for hydroxylation is 1. The number of rotatable bonds is 3. The summed E-state index contributed by atoms with van der Waals surface area (Å²) in [4.78, 5) is 23.9. The van der Waals surface area contributed by atoms with Crippen LogP contribution in [0.2, 0.25) is 0 Å². The molecule has 2 aliphatic heterocycles. The second kappa shape index (κ2) is 6.95. The molecule has 7 nitrogen and oxygen atoms in total. The number of hydrogen-bond acceptors (Lipinski definition) is 7. The van der Waals surface area contributed by atoms with Gasteiger partial charge in [0, 0.05) is 39.3 Å². The second-order valence-electron chi connectivity index (χ2n) is 6.49. The fourth-order valence-electron chi connectivity index (χ4n) is 3.39. The third kappa shape index (κ3) is 3.30. The lowest BCUT2D eigenvalue weighted by molar-refractivity contribution is 0.0750. The summed E-state index contributed by atoms with van der Waals surface area (Å²) in [6.45, 7) is 7.00. The first-order valence-corrected chi connectivity index (χ1v) is 9.63. The van der Waals surface area contributed by atoms with Crippen LogP contribution < -0.4 is 9.80 Å². The molecule has 2 saturated heterocycles. The lowest BCUT2D eigenvalue weighted by Crippen LogP contribution is -2.49. The molecule has 1 amide bonds. The summed E-state index contributed by atoms with van der Waals surface area (Å²) in [7, 11) is 0. The van der Waals surface area contributed by atoms with Crippen molar-refractivity contribution in [3.8, 4) is 0 Å². The van der Waals surface area contributed by atoms with E-state index < -0.39 is 0 Å². The number of amides is 1. The van der Waals surface area contributed by atoms with Crippen LogP contribution in [0.1, 0.15) is 28.2 Å². The molecular formula is C17H22N6OS. The minimum Gasteiger partial charge on any atom is -0.355 e. The fourth-order valence-corrected chi connectivity index (χ4v) is 4.16. The average Bonchev–Trinajstić information content (AvgIpc) is 3.33. The zero-order valence-corrected chi connectivity index (χ0v) is 15.2. The maximum Gasteiger partial charge on any atom is 0.265 e. The van der Waals surface area contributed by atoms with Crippen molar-refractivity contribution in [1.29, 1.82) is 0 Å². The molecular weight excluding hydrogens is 336 g/mol. The van der Waals surface area contributed by atoms with Crippen molar-refractivity contribution in [3.05, 3.63) is 28.2 Å². The molecule has 0 atom stereocenters. The third-order valence-electron chi connectivity index (χ3n) is 4.90. The highest BCUT2D eigenvalue weighted by molar-refractivity contribution is 7.11. The van der Waals surface area contributed by atoms with Gasteiger partial charge in [0.25, 0.3) is 5.91 Å². The maximum absolute atomic E-state index is 12.6. The molecule has 0 aromatic carbocycles. The van der Waals surface area contributed by atoms with E-state index in [1.165, 1.54) is 24.2 Å². The number of piperazine rings is 1. The smallest absolute Gasteiger partial charge is 0.265 e. The van der Waals surface area contributed by atoms with Gasteiger partial charge in [-0.25, -0.2) is 4.98 Å². The molecule has 0 N–H and O–H groups in total. The molecule has 2 aliphatic rings. The van der Waals surface area contributed by atoms with Gasteiger partial charge in [0.05, 0.1) is 11.2 Å². The minimum atomic E-state index is 0.0927. The predicted octanol–water partition coefficient (Wildman–Crippen LogP) is 1.80. The molecule has 0 aliphatic carbocycles. The normalized spacial score (nSPS) is 18.0. The Morgan fingerprint density at radius 2 is 1.56 bits per heavy atom. The van der Waals surface area contributed by atoms with E-state index in [0.717, 1.165) is 48.4 Å². The zero-order chi connectivity index (χ0) is 17.2. The topological polar surface area (TPSA) is 65.5 Å². The van der Waals surface area contributed by atoms with Crippen LogP contribution in [-0.4, -0.2) is 65.3 Å². The monoisotopic (exact) mass is 358 g/mol. The summed E-state index contributed by atoms with van der Waals surface area (Å²) >= 11 is 1.42. The highest BCUT2D eigenvalue weighted by Crippen LogP contribution is 2.21. The van der Waals surface area contributed by atoms with E-state index in [2.05, 4.69) is 31.0 Å². The Morgan fingerprint density at radius 1 is 0.960 bits per heavy atom. The summed E-state index contributed by atoms with van der Waals surface area (Å²) in [6.07, 6.45) is 2.47. The third-order valence-corrected chi connectivity index (χ3v) is 5.81. The van der Waals surface area contributed by atoms with Gasteiger partial charge in [-0.05, 0) is 31.9 Å². The van der Waals surface area contributed by atoms with E-state index in [-0.39, 0.29) is 5.91 Å². The summed E-state index contributed by atoms with van der Waals surface area (Å²) in [5.41, 5.74) is 2.55. The zero-order valence-electron chi connectivity index (χ0n) is 14.4. The van der Waals surface area contributed by atoms with Crippen molar-refractivity contribution in [1.82, 2.24) is 20.1 Å². The molecule has 2 aromatic rings. The number of carbonyl (C=O) groups excluding carboxylic acids is 1. The predicted molar refractivity (Wildman–Crippen MR) is 98.4 cm³/mol. The Morgan fingerprint density at radius 3 is 2.08 bits per heavy atom. The number of carbonyl (C=O) groups is 1. The summed E-state index contributed by atoms with van der Waals surface area (Å²) in [6, 6.07) is 4.11. The molecule has 4 rings (SSSR count). The largest absolute Gasteiger partial charge is 0.355 e. The SMILES string of the molecule is Cc1ncsc1C(=O)N1CCN(c2ccc(N3CCCC3)nn2)CC1. The number of anilines is 2. The lowest BCUT2D eigenvalue weighted by Gasteiger charge is -2.35. The molecule has 2 fully saturated rings. The highest BCUT2D eigenvalue weighted by Gasteiger charge is 2.25. The molecule has 0 bridgehead atoms. The average molecular weight is 358 g/mol. The van der Waals surface area contributed by atoms with Gasteiger partial charge in [0.15, 0.2) is 11.6 Å². The van der Waals surface area contributed by atoms with Gasteiger partial charge in [-0.15, -0.1) is 21.5 Å². The molecule has 8 heteroatoms. The maximum atomic E-state index is 12.6.